The summed E-state index contributed by atoms with van der Waals surface area (Å²) in [6, 6.07) is 0. The molecule has 1 aliphatic carbocycles. The highest BCUT2D eigenvalue weighted by molar-refractivity contribution is 5.33. The monoisotopic (exact) mass is 205 g/mol. The molecule has 0 bridgehead atoms. The Kier molecular flexibility index (Phi) is 3.19. The zero-order chi connectivity index (χ0) is 10.7. The van der Waals surface area contributed by atoms with Gasteiger partial charge in [-0.05, 0) is 32.6 Å². The standard InChI is InChI=1S/C12H19N3/c1-9-10(2)15-12(8-13-9)14-7-11-5-3-4-6-11/h8,11H,3-7H2,1-2H3,(H,14,15). The summed E-state index contributed by atoms with van der Waals surface area (Å²) in [5.74, 6) is 1.76. The van der Waals surface area contributed by atoms with Crippen LogP contribution in [-0.4, -0.2) is 16.5 Å². The van der Waals surface area contributed by atoms with Crippen molar-refractivity contribution in [3.05, 3.63) is 17.6 Å². The number of hydrogen-bond donors (Lipinski definition) is 1. The van der Waals surface area contributed by atoms with Gasteiger partial charge in [0.15, 0.2) is 0 Å². The lowest BCUT2D eigenvalue weighted by atomic mass is 10.1. The molecule has 1 aromatic heterocycles. The van der Waals surface area contributed by atoms with Crippen LogP contribution in [0.5, 0.6) is 0 Å². The van der Waals surface area contributed by atoms with Gasteiger partial charge in [-0.15, -0.1) is 0 Å². The molecule has 0 atom stereocenters. The normalized spacial score (nSPS) is 16.9. The first kappa shape index (κ1) is 10.4. The van der Waals surface area contributed by atoms with Gasteiger partial charge >= 0.3 is 0 Å². The molecule has 3 nitrogen and oxygen atoms in total. The van der Waals surface area contributed by atoms with Crippen LogP contribution in [0, 0.1) is 19.8 Å². The van der Waals surface area contributed by atoms with Crippen LogP contribution < -0.4 is 5.32 Å². The lowest BCUT2D eigenvalue weighted by molar-refractivity contribution is 0.578. The van der Waals surface area contributed by atoms with E-state index in [1.807, 2.05) is 20.0 Å². The number of nitrogens with one attached hydrogen (secondary N) is 1. The second kappa shape index (κ2) is 4.60. The number of rotatable bonds is 3. The molecule has 0 aliphatic heterocycles. The van der Waals surface area contributed by atoms with Crippen molar-refractivity contribution >= 4 is 5.82 Å². The molecule has 0 radical (unpaired) electrons. The molecule has 15 heavy (non-hydrogen) atoms. The summed E-state index contributed by atoms with van der Waals surface area (Å²) in [5, 5.41) is 3.38. The molecule has 2 rings (SSSR count). The maximum absolute atomic E-state index is 4.46. The van der Waals surface area contributed by atoms with Crippen molar-refractivity contribution in [2.24, 2.45) is 5.92 Å². The third-order valence-electron chi connectivity index (χ3n) is 3.24. The van der Waals surface area contributed by atoms with Crippen LogP contribution in [0.3, 0.4) is 0 Å². The average Bonchev–Trinajstić information content (AvgIpc) is 2.73. The van der Waals surface area contributed by atoms with E-state index < -0.39 is 0 Å². The van der Waals surface area contributed by atoms with E-state index in [-0.39, 0.29) is 0 Å². The van der Waals surface area contributed by atoms with Crippen LogP contribution in [0.1, 0.15) is 37.1 Å². The first-order chi connectivity index (χ1) is 7.25. The molecule has 1 fully saturated rings. The van der Waals surface area contributed by atoms with Crippen molar-refractivity contribution in [2.45, 2.75) is 39.5 Å². The summed E-state index contributed by atoms with van der Waals surface area (Å²) < 4.78 is 0. The van der Waals surface area contributed by atoms with Crippen LogP contribution in [0.4, 0.5) is 5.82 Å². The summed E-state index contributed by atoms with van der Waals surface area (Å²) in [6.45, 7) is 5.04. The zero-order valence-corrected chi connectivity index (χ0v) is 9.58. The van der Waals surface area contributed by atoms with Crippen LogP contribution in [0.15, 0.2) is 6.20 Å². The Morgan fingerprint density at radius 1 is 1.27 bits per heavy atom. The highest BCUT2D eigenvalue weighted by atomic mass is 15.0. The number of nitrogens with zero attached hydrogens (tertiary/aromatic N) is 2. The van der Waals surface area contributed by atoms with Gasteiger partial charge in [-0.1, -0.05) is 12.8 Å². The molecular formula is C12H19N3. The molecule has 0 saturated heterocycles. The van der Waals surface area contributed by atoms with Crippen LogP contribution in [0.25, 0.3) is 0 Å². The Morgan fingerprint density at radius 2 is 2.00 bits per heavy atom. The minimum Gasteiger partial charge on any atom is -0.369 e. The second-order valence-electron chi connectivity index (χ2n) is 4.46. The van der Waals surface area contributed by atoms with Crippen LogP contribution in [-0.2, 0) is 0 Å². The van der Waals surface area contributed by atoms with Crippen molar-refractivity contribution in [2.75, 3.05) is 11.9 Å². The maximum Gasteiger partial charge on any atom is 0.144 e. The largest absolute Gasteiger partial charge is 0.369 e. The molecule has 0 amide bonds. The molecule has 1 saturated carbocycles. The fraction of sp³-hybridized carbons (Fsp3) is 0.667. The predicted molar refractivity (Wildman–Crippen MR) is 62.0 cm³/mol. The fourth-order valence-corrected chi connectivity index (χ4v) is 2.09. The number of aryl methyl sites for hydroxylation is 2. The minimum absolute atomic E-state index is 0.841. The smallest absolute Gasteiger partial charge is 0.144 e. The van der Waals surface area contributed by atoms with Gasteiger partial charge in [-0.2, -0.15) is 0 Å². The molecule has 1 aromatic rings. The van der Waals surface area contributed by atoms with Gasteiger partial charge in [0.1, 0.15) is 5.82 Å². The highest BCUT2D eigenvalue weighted by Crippen LogP contribution is 2.24. The van der Waals surface area contributed by atoms with Crippen molar-refractivity contribution in [3.8, 4) is 0 Å². The van der Waals surface area contributed by atoms with E-state index in [0.29, 0.717) is 0 Å². The quantitative estimate of drug-likeness (QED) is 0.824. The van der Waals surface area contributed by atoms with Crippen molar-refractivity contribution in [3.63, 3.8) is 0 Å². The van der Waals surface area contributed by atoms with Gasteiger partial charge in [0.2, 0.25) is 0 Å². The Bertz CT molecular complexity index is 330. The molecule has 0 spiro atoms. The van der Waals surface area contributed by atoms with Gasteiger partial charge in [0, 0.05) is 6.54 Å². The van der Waals surface area contributed by atoms with Gasteiger partial charge in [0.25, 0.3) is 0 Å². The van der Waals surface area contributed by atoms with E-state index in [0.717, 1.165) is 29.7 Å². The minimum atomic E-state index is 0.841. The summed E-state index contributed by atoms with van der Waals surface area (Å²) in [4.78, 5) is 8.76. The zero-order valence-electron chi connectivity index (χ0n) is 9.58. The number of aromatic nitrogens is 2. The van der Waals surface area contributed by atoms with E-state index >= 15 is 0 Å². The van der Waals surface area contributed by atoms with Gasteiger partial charge in [-0.3, -0.25) is 4.98 Å². The second-order valence-corrected chi connectivity index (χ2v) is 4.46. The molecule has 82 valence electrons. The van der Waals surface area contributed by atoms with E-state index in [9.17, 15) is 0 Å². The number of hydrogen-bond acceptors (Lipinski definition) is 3. The molecule has 1 heterocycles. The van der Waals surface area contributed by atoms with Gasteiger partial charge < -0.3 is 5.32 Å². The van der Waals surface area contributed by atoms with E-state index in [1.165, 1.54) is 25.7 Å². The molecular weight excluding hydrogens is 186 g/mol. The van der Waals surface area contributed by atoms with E-state index in [1.54, 1.807) is 0 Å². The van der Waals surface area contributed by atoms with Gasteiger partial charge in [0.05, 0.1) is 17.6 Å². The molecule has 0 unspecified atom stereocenters. The first-order valence-corrected chi connectivity index (χ1v) is 5.80. The topological polar surface area (TPSA) is 37.8 Å². The molecule has 1 N–H and O–H groups in total. The molecule has 1 aliphatic rings. The van der Waals surface area contributed by atoms with Crippen LogP contribution in [0.2, 0.25) is 0 Å². The molecule has 0 aromatic carbocycles. The van der Waals surface area contributed by atoms with E-state index in [4.69, 9.17) is 0 Å². The maximum atomic E-state index is 4.46. The van der Waals surface area contributed by atoms with Gasteiger partial charge in [-0.25, -0.2) is 4.98 Å². The van der Waals surface area contributed by atoms with Crippen molar-refractivity contribution in [1.82, 2.24) is 9.97 Å². The first-order valence-electron chi connectivity index (χ1n) is 5.80. The third kappa shape index (κ3) is 2.67. The summed E-state index contributed by atoms with van der Waals surface area (Å²) in [7, 11) is 0. The summed E-state index contributed by atoms with van der Waals surface area (Å²) in [6.07, 6.45) is 7.35. The summed E-state index contributed by atoms with van der Waals surface area (Å²) >= 11 is 0. The van der Waals surface area contributed by atoms with E-state index in [2.05, 4.69) is 15.3 Å². The number of anilines is 1. The van der Waals surface area contributed by atoms with Crippen molar-refractivity contribution < 1.29 is 0 Å². The third-order valence-corrected chi connectivity index (χ3v) is 3.24. The fourth-order valence-electron chi connectivity index (χ4n) is 2.09. The van der Waals surface area contributed by atoms with Crippen molar-refractivity contribution in [1.29, 1.82) is 0 Å². The Labute approximate surface area is 91.3 Å². The average molecular weight is 205 g/mol. The predicted octanol–water partition coefficient (Wildman–Crippen LogP) is 2.70. The Morgan fingerprint density at radius 3 is 2.67 bits per heavy atom. The van der Waals surface area contributed by atoms with Crippen LogP contribution >= 0.6 is 0 Å². The Balaban J connectivity index is 1.90. The lowest BCUT2D eigenvalue weighted by Gasteiger charge is -2.11. The Hall–Kier alpha value is -1.12. The lowest BCUT2D eigenvalue weighted by Crippen LogP contribution is -2.12. The SMILES string of the molecule is Cc1ncc(NCC2CCCC2)nc1C. The highest BCUT2D eigenvalue weighted by Gasteiger charge is 2.14. The summed E-state index contributed by atoms with van der Waals surface area (Å²) in [5.41, 5.74) is 2.04. The molecule has 3 heteroatoms.